The molecule has 6 heteroatoms. The molecular weight excluding hydrogens is 360 g/mol. The Bertz CT molecular complexity index is 1040. The largest absolute Gasteiger partial charge is 0.487 e. The fourth-order valence-electron chi connectivity index (χ4n) is 2.70. The van der Waals surface area contributed by atoms with Gasteiger partial charge < -0.3 is 10.1 Å². The molecule has 0 amide bonds. The summed E-state index contributed by atoms with van der Waals surface area (Å²) >= 11 is 6.03. The average Bonchev–Trinajstić information content (AvgIpc) is 2.72. The summed E-state index contributed by atoms with van der Waals surface area (Å²) in [6, 6.07) is 19.3. The number of ether oxygens (including phenoxy) is 1. The molecule has 1 N–H and O–H groups in total. The van der Waals surface area contributed by atoms with Crippen LogP contribution in [0.4, 0.5) is 5.82 Å². The molecule has 4 rings (SSSR count). The van der Waals surface area contributed by atoms with Crippen molar-refractivity contribution >= 4 is 28.3 Å². The van der Waals surface area contributed by atoms with Crippen LogP contribution in [0, 0.1) is 0 Å². The molecule has 0 aliphatic carbocycles. The van der Waals surface area contributed by atoms with Gasteiger partial charge in [0.25, 0.3) is 0 Å². The van der Waals surface area contributed by atoms with E-state index in [2.05, 4.69) is 20.3 Å². The minimum Gasteiger partial charge on any atom is -0.487 e. The van der Waals surface area contributed by atoms with Crippen molar-refractivity contribution in [3.63, 3.8) is 0 Å². The van der Waals surface area contributed by atoms with Gasteiger partial charge in [-0.15, -0.1) is 0 Å². The second kappa shape index (κ2) is 8.01. The smallest absolute Gasteiger partial charge is 0.137 e. The van der Waals surface area contributed by atoms with E-state index < -0.39 is 0 Å². The summed E-state index contributed by atoms with van der Waals surface area (Å²) in [5.74, 6) is 1.60. The number of nitrogens with one attached hydrogen (secondary N) is 1. The van der Waals surface area contributed by atoms with Gasteiger partial charge in [-0.1, -0.05) is 29.8 Å². The first-order valence-electron chi connectivity index (χ1n) is 8.54. The van der Waals surface area contributed by atoms with E-state index in [1.807, 2.05) is 60.7 Å². The highest BCUT2D eigenvalue weighted by Crippen LogP contribution is 2.23. The molecule has 0 bridgehead atoms. The maximum Gasteiger partial charge on any atom is 0.137 e. The van der Waals surface area contributed by atoms with Crippen LogP contribution in [0.5, 0.6) is 5.75 Å². The molecule has 2 aromatic carbocycles. The number of rotatable bonds is 6. The Balaban J connectivity index is 1.39. The fourth-order valence-corrected chi connectivity index (χ4v) is 2.87. The maximum atomic E-state index is 6.03. The summed E-state index contributed by atoms with van der Waals surface area (Å²) in [6.45, 7) is 1.10. The van der Waals surface area contributed by atoms with Gasteiger partial charge in [-0.2, -0.15) is 0 Å². The lowest BCUT2D eigenvalue weighted by Crippen LogP contribution is -2.03. The van der Waals surface area contributed by atoms with Gasteiger partial charge in [-0.25, -0.2) is 9.97 Å². The Hall–Kier alpha value is -3.18. The molecule has 2 aromatic heterocycles. The second-order valence-corrected chi connectivity index (χ2v) is 6.43. The maximum absolute atomic E-state index is 6.03. The third-order valence-electron chi connectivity index (χ3n) is 4.09. The number of hydrogen-bond acceptors (Lipinski definition) is 5. The number of anilines is 1. The summed E-state index contributed by atoms with van der Waals surface area (Å²) < 4.78 is 5.76. The van der Waals surface area contributed by atoms with E-state index in [1.54, 1.807) is 6.20 Å². The first-order chi connectivity index (χ1) is 13.3. The fraction of sp³-hybridized carbons (Fsp3) is 0.0952. The van der Waals surface area contributed by atoms with Crippen molar-refractivity contribution < 1.29 is 4.74 Å². The highest BCUT2D eigenvalue weighted by atomic mass is 35.5. The molecule has 4 aromatic rings. The number of nitrogens with zero attached hydrogens (tertiary/aromatic N) is 3. The lowest BCUT2D eigenvalue weighted by atomic mass is 10.2. The van der Waals surface area contributed by atoms with E-state index in [0.717, 1.165) is 33.7 Å². The molecule has 134 valence electrons. The number of fused-ring (bicyclic) bond motifs is 1. The Morgan fingerprint density at radius 1 is 0.926 bits per heavy atom. The number of pyridine rings is 1. The van der Waals surface area contributed by atoms with Crippen LogP contribution in [0.2, 0.25) is 5.02 Å². The number of halogens is 1. The molecule has 0 aliphatic heterocycles. The van der Waals surface area contributed by atoms with Crippen molar-refractivity contribution in [2.24, 2.45) is 0 Å². The molecule has 0 saturated carbocycles. The third kappa shape index (κ3) is 4.33. The summed E-state index contributed by atoms with van der Waals surface area (Å²) in [5.41, 5.74) is 2.85. The molecule has 0 atom stereocenters. The van der Waals surface area contributed by atoms with Gasteiger partial charge in [-0.05, 0) is 48.0 Å². The molecule has 2 heterocycles. The van der Waals surface area contributed by atoms with Crippen molar-refractivity contribution in [2.75, 3.05) is 5.32 Å². The van der Waals surface area contributed by atoms with Gasteiger partial charge >= 0.3 is 0 Å². The minimum atomic E-state index is 0.452. The predicted octanol–water partition coefficient (Wildman–Crippen LogP) is 4.87. The van der Waals surface area contributed by atoms with E-state index in [1.165, 1.54) is 6.33 Å². The summed E-state index contributed by atoms with van der Waals surface area (Å²) in [4.78, 5) is 12.8. The molecule has 0 fully saturated rings. The van der Waals surface area contributed by atoms with E-state index in [9.17, 15) is 0 Å². The molecule has 0 radical (unpaired) electrons. The molecule has 0 unspecified atom stereocenters. The van der Waals surface area contributed by atoms with Crippen LogP contribution >= 0.6 is 11.6 Å². The zero-order valence-corrected chi connectivity index (χ0v) is 15.2. The van der Waals surface area contributed by atoms with Crippen LogP contribution in [0.1, 0.15) is 11.3 Å². The van der Waals surface area contributed by atoms with E-state index >= 15 is 0 Å². The van der Waals surface area contributed by atoms with Crippen LogP contribution < -0.4 is 10.1 Å². The van der Waals surface area contributed by atoms with Gasteiger partial charge in [0.1, 0.15) is 24.5 Å². The zero-order valence-electron chi connectivity index (χ0n) is 14.5. The molecule has 0 spiro atoms. The minimum absolute atomic E-state index is 0.452. The first-order valence-corrected chi connectivity index (χ1v) is 8.91. The van der Waals surface area contributed by atoms with Crippen molar-refractivity contribution in [3.05, 3.63) is 89.5 Å². The predicted molar refractivity (Wildman–Crippen MR) is 107 cm³/mol. The Morgan fingerprint density at radius 2 is 1.81 bits per heavy atom. The van der Waals surface area contributed by atoms with Crippen molar-refractivity contribution in [2.45, 2.75) is 13.2 Å². The van der Waals surface area contributed by atoms with Crippen LogP contribution in [-0.2, 0) is 13.2 Å². The monoisotopic (exact) mass is 376 g/mol. The van der Waals surface area contributed by atoms with Gasteiger partial charge in [0.15, 0.2) is 0 Å². The SMILES string of the molecule is Clc1ccc2c(NCc3ccc(OCc4ccccn4)cc3)ncnc2c1. The quantitative estimate of drug-likeness (QED) is 0.520. The first kappa shape index (κ1) is 17.2. The van der Waals surface area contributed by atoms with Crippen molar-refractivity contribution in [3.8, 4) is 5.75 Å². The summed E-state index contributed by atoms with van der Waals surface area (Å²) in [5, 5.41) is 4.96. The third-order valence-corrected chi connectivity index (χ3v) is 4.33. The van der Waals surface area contributed by atoms with Gasteiger partial charge in [0.05, 0.1) is 11.2 Å². The van der Waals surface area contributed by atoms with Crippen LogP contribution in [0.25, 0.3) is 10.9 Å². The van der Waals surface area contributed by atoms with Crippen LogP contribution in [-0.4, -0.2) is 15.0 Å². The zero-order chi connectivity index (χ0) is 18.5. The molecular formula is C21H17ClN4O. The Labute approximate surface area is 162 Å². The molecule has 0 saturated heterocycles. The van der Waals surface area contributed by atoms with Gasteiger partial charge in [0.2, 0.25) is 0 Å². The lowest BCUT2D eigenvalue weighted by Gasteiger charge is -2.10. The lowest BCUT2D eigenvalue weighted by molar-refractivity contribution is 0.301. The molecule has 5 nitrogen and oxygen atoms in total. The van der Waals surface area contributed by atoms with E-state index in [4.69, 9.17) is 16.3 Å². The topological polar surface area (TPSA) is 59.9 Å². The Morgan fingerprint density at radius 3 is 2.63 bits per heavy atom. The highest BCUT2D eigenvalue weighted by molar-refractivity contribution is 6.31. The number of aromatic nitrogens is 3. The Kier molecular flexibility index (Phi) is 5.12. The standard InChI is InChI=1S/C21H17ClN4O/c22-16-6-9-19-20(11-16)25-14-26-21(19)24-12-15-4-7-18(8-5-15)27-13-17-3-1-2-10-23-17/h1-11,14H,12-13H2,(H,24,25,26). The molecule has 0 aliphatic rings. The van der Waals surface area contributed by atoms with E-state index in [0.29, 0.717) is 18.2 Å². The van der Waals surface area contributed by atoms with E-state index in [-0.39, 0.29) is 0 Å². The second-order valence-electron chi connectivity index (χ2n) is 5.99. The van der Waals surface area contributed by atoms with Gasteiger partial charge in [0, 0.05) is 23.2 Å². The summed E-state index contributed by atoms with van der Waals surface area (Å²) in [6.07, 6.45) is 3.30. The van der Waals surface area contributed by atoms with Crippen molar-refractivity contribution in [1.29, 1.82) is 0 Å². The number of benzene rings is 2. The van der Waals surface area contributed by atoms with Crippen molar-refractivity contribution in [1.82, 2.24) is 15.0 Å². The summed E-state index contributed by atoms with van der Waals surface area (Å²) in [7, 11) is 0. The normalized spacial score (nSPS) is 10.7. The number of hydrogen-bond donors (Lipinski definition) is 1. The highest BCUT2D eigenvalue weighted by Gasteiger charge is 2.04. The molecule has 27 heavy (non-hydrogen) atoms. The van der Waals surface area contributed by atoms with Crippen LogP contribution in [0.15, 0.2) is 73.2 Å². The average molecular weight is 377 g/mol. The van der Waals surface area contributed by atoms with Crippen LogP contribution in [0.3, 0.4) is 0 Å². The van der Waals surface area contributed by atoms with Gasteiger partial charge in [-0.3, -0.25) is 4.98 Å².